The van der Waals surface area contributed by atoms with Crippen LogP contribution in [-0.2, 0) is 0 Å². The van der Waals surface area contributed by atoms with Gasteiger partial charge < -0.3 is 10.2 Å². The molecule has 1 aromatic heterocycles. The summed E-state index contributed by atoms with van der Waals surface area (Å²) < 4.78 is 5.66. The molecule has 82 valence electrons. The van der Waals surface area contributed by atoms with E-state index in [-0.39, 0.29) is 17.2 Å². The summed E-state index contributed by atoms with van der Waals surface area (Å²) >= 11 is 8.96. The number of anilines is 1. The topological polar surface area (TPSA) is 56.2 Å². The predicted octanol–water partition coefficient (Wildman–Crippen LogP) is 3.51. The third kappa shape index (κ3) is 1.99. The number of halogens is 2. The molecule has 2 rings (SSSR count). The van der Waals surface area contributed by atoms with Crippen LogP contribution in [0.15, 0.2) is 39.4 Å². The number of nitrogen functional groups attached to an aromatic ring is 1. The van der Waals surface area contributed by atoms with E-state index in [4.69, 9.17) is 21.8 Å². The first kappa shape index (κ1) is 11.2. The lowest BCUT2D eigenvalue weighted by molar-refractivity contribution is 0.101. The van der Waals surface area contributed by atoms with E-state index in [2.05, 4.69) is 15.9 Å². The minimum atomic E-state index is -0.286. The molecule has 0 amide bonds. The van der Waals surface area contributed by atoms with Crippen LogP contribution in [0.25, 0.3) is 0 Å². The van der Waals surface area contributed by atoms with Gasteiger partial charge in [0.2, 0.25) is 5.78 Å². The summed E-state index contributed by atoms with van der Waals surface area (Å²) in [6, 6.07) is 8.14. The van der Waals surface area contributed by atoms with Crippen molar-refractivity contribution < 1.29 is 9.21 Å². The van der Waals surface area contributed by atoms with E-state index in [1.165, 1.54) is 0 Å². The summed E-state index contributed by atoms with van der Waals surface area (Å²) in [7, 11) is 0. The Kier molecular flexibility index (Phi) is 3.03. The Balaban J connectivity index is 2.45. The number of benzene rings is 1. The largest absolute Gasteiger partial charge is 0.446 e. The number of hydrogen-bond acceptors (Lipinski definition) is 3. The molecule has 1 aromatic carbocycles. The number of furan rings is 1. The molecule has 0 saturated carbocycles. The maximum atomic E-state index is 12.0. The highest BCUT2D eigenvalue weighted by atomic mass is 79.9. The van der Waals surface area contributed by atoms with Crippen molar-refractivity contribution in [3.8, 4) is 0 Å². The van der Waals surface area contributed by atoms with Crippen LogP contribution in [-0.4, -0.2) is 5.78 Å². The molecule has 0 spiro atoms. The van der Waals surface area contributed by atoms with Gasteiger partial charge in [0.05, 0.1) is 16.3 Å². The number of carbonyl (C=O) groups excluding carboxylic acids is 1. The fourth-order valence-corrected chi connectivity index (χ4v) is 1.79. The molecule has 0 bridgehead atoms. The van der Waals surface area contributed by atoms with Gasteiger partial charge in [-0.2, -0.15) is 0 Å². The first-order valence-corrected chi connectivity index (χ1v) is 5.60. The second-order valence-corrected chi connectivity index (χ2v) is 4.32. The molecule has 0 saturated heterocycles. The summed E-state index contributed by atoms with van der Waals surface area (Å²) in [5.74, 6) is -0.0634. The SMILES string of the molecule is Nc1c(Cl)cccc1C(=O)c1ccc(Br)o1. The average molecular weight is 301 g/mol. The van der Waals surface area contributed by atoms with Gasteiger partial charge in [0, 0.05) is 0 Å². The van der Waals surface area contributed by atoms with E-state index < -0.39 is 0 Å². The first-order valence-electron chi connectivity index (χ1n) is 4.43. The average Bonchev–Trinajstić information content (AvgIpc) is 2.68. The molecule has 16 heavy (non-hydrogen) atoms. The Labute approximate surface area is 105 Å². The summed E-state index contributed by atoms with van der Waals surface area (Å²) in [5.41, 5.74) is 6.33. The van der Waals surface area contributed by atoms with Gasteiger partial charge in [-0.1, -0.05) is 17.7 Å². The van der Waals surface area contributed by atoms with Crippen molar-refractivity contribution in [2.45, 2.75) is 0 Å². The number of para-hydroxylation sites is 1. The molecule has 0 aliphatic rings. The van der Waals surface area contributed by atoms with Gasteiger partial charge in [-0.05, 0) is 40.2 Å². The zero-order valence-corrected chi connectivity index (χ0v) is 10.4. The molecule has 3 nitrogen and oxygen atoms in total. The van der Waals surface area contributed by atoms with E-state index in [1.54, 1.807) is 30.3 Å². The Morgan fingerprint density at radius 3 is 2.69 bits per heavy atom. The van der Waals surface area contributed by atoms with Gasteiger partial charge in [0.25, 0.3) is 0 Å². The fraction of sp³-hybridized carbons (Fsp3) is 0. The van der Waals surface area contributed by atoms with Gasteiger partial charge >= 0.3 is 0 Å². The van der Waals surface area contributed by atoms with Crippen LogP contribution in [0.2, 0.25) is 5.02 Å². The zero-order chi connectivity index (χ0) is 11.7. The smallest absolute Gasteiger partial charge is 0.230 e. The molecular weight excluding hydrogens is 293 g/mol. The normalized spacial score (nSPS) is 10.4. The molecule has 2 N–H and O–H groups in total. The van der Waals surface area contributed by atoms with E-state index in [0.717, 1.165) is 0 Å². The number of hydrogen-bond donors (Lipinski definition) is 1. The summed E-state index contributed by atoms with van der Waals surface area (Å²) in [4.78, 5) is 12.0. The van der Waals surface area contributed by atoms with Gasteiger partial charge in [0.1, 0.15) is 0 Å². The van der Waals surface area contributed by atoms with Crippen molar-refractivity contribution in [1.82, 2.24) is 0 Å². The highest BCUT2D eigenvalue weighted by Gasteiger charge is 2.16. The second-order valence-electron chi connectivity index (χ2n) is 3.13. The molecule has 0 radical (unpaired) electrons. The van der Waals surface area contributed by atoms with Crippen molar-refractivity contribution in [2.24, 2.45) is 0 Å². The first-order chi connectivity index (χ1) is 7.59. The second kappa shape index (κ2) is 4.31. The van der Waals surface area contributed by atoms with Crippen molar-refractivity contribution in [3.05, 3.63) is 51.3 Å². The fourth-order valence-electron chi connectivity index (χ4n) is 1.30. The summed E-state index contributed by atoms with van der Waals surface area (Å²) in [5, 5.41) is 0.358. The highest BCUT2D eigenvalue weighted by Crippen LogP contribution is 2.25. The molecule has 0 aliphatic carbocycles. The monoisotopic (exact) mass is 299 g/mol. The van der Waals surface area contributed by atoms with E-state index in [1.807, 2.05) is 0 Å². The summed E-state index contributed by atoms with van der Waals surface area (Å²) in [6.07, 6.45) is 0. The highest BCUT2D eigenvalue weighted by molar-refractivity contribution is 9.10. The van der Waals surface area contributed by atoms with Crippen LogP contribution in [0.4, 0.5) is 5.69 Å². The van der Waals surface area contributed by atoms with E-state index >= 15 is 0 Å². The maximum Gasteiger partial charge on any atom is 0.230 e. The zero-order valence-electron chi connectivity index (χ0n) is 8.04. The Bertz CT molecular complexity index is 551. The minimum absolute atomic E-state index is 0.223. The van der Waals surface area contributed by atoms with Gasteiger partial charge in [-0.3, -0.25) is 4.79 Å². The third-order valence-electron chi connectivity index (χ3n) is 2.09. The van der Waals surface area contributed by atoms with Crippen molar-refractivity contribution in [3.63, 3.8) is 0 Å². The molecule has 5 heteroatoms. The van der Waals surface area contributed by atoms with E-state index in [9.17, 15) is 4.79 Å². The number of ketones is 1. The van der Waals surface area contributed by atoms with Crippen molar-refractivity contribution in [2.75, 3.05) is 5.73 Å². The number of carbonyl (C=O) groups is 1. The minimum Gasteiger partial charge on any atom is -0.446 e. The predicted molar refractivity (Wildman–Crippen MR) is 65.7 cm³/mol. The van der Waals surface area contributed by atoms with Gasteiger partial charge in [0.15, 0.2) is 10.4 Å². The van der Waals surface area contributed by atoms with Crippen LogP contribution < -0.4 is 5.73 Å². The lowest BCUT2D eigenvalue weighted by Gasteiger charge is -2.03. The van der Waals surface area contributed by atoms with Crippen LogP contribution in [0, 0.1) is 0 Å². The number of rotatable bonds is 2. The molecule has 0 unspecified atom stereocenters. The van der Waals surface area contributed by atoms with Crippen LogP contribution >= 0.6 is 27.5 Å². The van der Waals surface area contributed by atoms with Crippen molar-refractivity contribution in [1.29, 1.82) is 0 Å². The Morgan fingerprint density at radius 2 is 2.06 bits per heavy atom. The maximum absolute atomic E-state index is 12.0. The van der Waals surface area contributed by atoms with Gasteiger partial charge in [-0.15, -0.1) is 0 Å². The molecule has 1 heterocycles. The van der Waals surface area contributed by atoms with Crippen LogP contribution in [0.5, 0.6) is 0 Å². The molecule has 2 aromatic rings. The van der Waals surface area contributed by atoms with Gasteiger partial charge in [-0.25, -0.2) is 0 Å². The Hall–Kier alpha value is -1.26. The quantitative estimate of drug-likeness (QED) is 0.682. The molecule has 0 aliphatic heterocycles. The molecule has 0 fully saturated rings. The third-order valence-corrected chi connectivity index (χ3v) is 2.85. The summed E-state index contributed by atoms with van der Waals surface area (Å²) in [6.45, 7) is 0. The van der Waals surface area contributed by atoms with Crippen LogP contribution in [0.3, 0.4) is 0 Å². The molecule has 0 atom stereocenters. The number of nitrogens with two attached hydrogens (primary N) is 1. The lowest BCUT2D eigenvalue weighted by atomic mass is 10.1. The van der Waals surface area contributed by atoms with E-state index in [0.29, 0.717) is 15.3 Å². The lowest BCUT2D eigenvalue weighted by Crippen LogP contribution is -2.04. The van der Waals surface area contributed by atoms with Crippen molar-refractivity contribution >= 4 is 39.0 Å². The molecular formula is C11H7BrClNO2. The standard InChI is InChI=1S/C11H7BrClNO2/c12-9-5-4-8(16-9)11(15)6-2-1-3-7(13)10(6)14/h1-5H,14H2. The Morgan fingerprint density at radius 1 is 1.31 bits per heavy atom. The van der Waals surface area contributed by atoms with Crippen LogP contribution in [0.1, 0.15) is 16.1 Å².